The Kier molecular flexibility index (Phi) is 6.47. The van der Waals surface area contributed by atoms with E-state index < -0.39 is 0 Å². The summed E-state index contributed by atoms with van der Waals surface area (Å²) in [7, 11) is 0. The Bertz CT molecular complexity index is 643. The second-order valence-electron chi connectivity index (χ2n) is 7.29. The third-order valence-electron chi connectivity index (χ3n) is 5.27. The molecule has 2 aliphatic rings. The van der Waals surface area contributed by atoms with Crippen molar-refractivity contribution in [1.82, 2.24) is 20.4 Å². The molecule has 27 heavy (non-hydrogen) atoms. The monoisotopic (exact) mass is 375 g/mol. The van der Waals surface area contributed by atoms with Crippen molar-refractivity contribution in [3.05, 3.63) is 17.8 Å². The van der Waals surface area contributed by atoms with E-state index >= 15 is 0 Å². The fourth-order valence-corrected chi connectivity index (χ4v) is 3.70. The second-order valence-corrected chi connectivity index (χ2v) is 7.29. The van der Waals surface area contributed by atoms with Crippen molar-refractivity contribution in [2.75, 3.05) is 37.7 Å². The van der Waals surface area contributed by atoms with Crippen LogP contribution in [0.15, 0.2) is 12.1 Å². The summed E-state index contributed by atoms with van der Waals surface area (Å²) in [5.74, 6) is 0.903. The SMILES string of the molecule is CCOC(=O)N1CCC(NC(=O)C2CCCN(c3ccc(C)nn3)C2)CC1. The number of rotatable bonds is 4. The second kappa shape index (κ2) is 9.01. The van der Waals surface area contributed by atoms with E-state index in [-0.39, 0.29) is 24.0 Å². The average Bonchev–Trinajstić information content (AvgIpc) is 2.69. The molecular formula is C19H29N5O3. The number of piperidine rings is 2. The highest BCUT2D eigenvalue weighted by Crippen LogP contribution is 2.22. The van der Waals surface area contributed by atoms with Crippen molar-refractivity contribution in [2.24, 2.45) is 5.92 Å². The summed E-state index contributed by atoms with van der Waals surface area (Å²) in [5, 5.41) is 11.5. The maximum absolute atomic E-state index is 12.7. The summed E-state index contributed by atoms with van der Waals surface area (Å²) in [6.07, 6.45) is 3.14. The minimum atomic E-state index is -0.260. The van der Waals surface area contributed by atoms with Crippen LogP contribution in [0.2, 0.25) is 0 Å². The van der Waals surface area contributed by atoms with E-state index in [2.05, 4.69) is 20.4 Å². The van der Waals surface area contributed by atoms with Gasteiger partial charge in [0, 0.05) is 32.2 Å². The van der Waals surface area contributed by atoms with Gasteiger partial charge in [-0.2, -0.15) is 5.10 Å². The lowest BCUT2D eigenvalue weighted by molar-refractivity contribution is -0.126. The van der Waals surface area contributed by atoms with E-state index in [4.69, 9.17) is 4.74 Å². The molecule has 1 aromatic rings. The predicted molar refractivity (Wildman–Crippen MR) is 101 cm³/mol. The Morgan fingerprint density at radius 2 is 1.96 bits per heavy atom. The molecule has 2 aliphatic heterocycles. The Labute approximate surface area is 160 Å². The zero-order chi connectivity index (χ0) is 19.2. The zero-order valence-electron chi connectivity index (χ0n) is 16.2. The van der Waals surface area contributed by atoms with Crippen LogP contribution in [0.5, 0.6) is 0 Å². The summed E-state index contributed by atoms with van der Waals surface area (Å²) >= 11 is 0. The third kappa shape index (κ3) is 5.08. The van der Waals surface area contributed by atoms with Crippen LogP contribution < -0.4 is 10.2 Å². The van der Waals surface area contributed by atoms with Gasteiger partial charge in [0.25, 0.3) is 0 Å². The number of nitrogens with one attached hydrogen (secondary N) is 1. The molecule has 0 bridgehead atoms. The minimum Gasteiger partial charge on any atom is -0.450 e. The van der Waals surface area contributed by atoms with Gasteiger partial charge in [-0.05, 0) is 51.7 Å². The van der Waals surface area contributed by atoms with Crippen LogP contribution in [0.1, 0.15) is 38.3 Å². The van der Waals surface area contributed by atoms with Crippen LogP contribution in [-0.2, 0) is 9.53 Å². The molecule has 0 aliphatic carbocycles. The van der Waals surface area contributed by atoms with Crippen molar-refractivity contribution >= 4 is 17.8 Å². The van der Waals surface area contributed by atoms with Crippen molar-refractivity contribution < 1.29 is 14.3 Å². The molecule has 3 heterocycles. The molecule has 2 fully saturated rings. The first-order valence-corrected chi connectivity index (χ1v) is 9.84. The predicted octanol–water partition coefficient (Wildman–Crippen LogP) is 1.74. The normalized spacial score (nSPS) is 21.0. The number of carbonyl (C=O) groups is 2. The number of anilines is 1. The molecule has 0 aromatic carbocycles. The molecule has 8 nitrogen and oxygen atoms in total. The van der Waals surface area contributed by atoms with Gasteiger partial charge in [-0.1, -0.05) is 0 Å². The van der Waals surface area contributed by atoms with Gasteiger partial charge in [0.2, 0.25) is 5.91 Å². The van der Waals surface area contributed by atoms with Gasteiger partial charge in [-0.15, -0.1) is 5.10 Å². The van der Waals surface area contributed by atoms with E-state index in [0.29, 0.717) is 26.2 Å². The highest BCUT2D eigenvalue weighted by Gasteiger charge is 2.30. The number of hydrogen-bond acceptors (Lipinski definition) is 6. The first kappa shape index (κ1) is 19.4. The number of aryl methyl sites for hydroxylation is 1. The molecule has 2 amide bonds. The lowest BCUT2D eigenvalue weighted by Crippen LogP contribution is -2.50. The van der Waals surface area contributed by atoms with Crippen molar-refractivity contribution in [3.63, 3.8) is 0 Å². The number of amides is 2. The smallest absolute Gasteiger partial charge is 0.409 e. The Balaban J connectivity index is 1.48. The average molecular weight is 375 g/mol. The highest BCUT2D eigenvalue weighted by atomic mass is 16.6. The molecule has 0 saturated carbocycles. The number of carbonyl (C=O) groups excluding carboxylic acids is 2. The zero-order valence-corrected chi connectivity index (χ0v) is 16.2. The van der Waals surface area contributed by atoms with Crippen LogP contribution in [-0.4, -0.2) is 65.9 Å². The van der Waals surface area contributed by atoms with Crippen molar-refractivity contribution in [1.29, 1.82) is 0 Å². The Morgan fingerprint density at radius 3 is 2.63 bits per heavy atom. The molecule has 1 unspecified atom stereocenters. The highest BCUT2D eigenvalue weighted by molar-refractivity contribution is 5.80. The van der Waals surface area contributed by atoms with E-state index in [1.165, 1.54) is 0 Å². The van der Waals surface area contributed by atoms with Crippen LogP contribution in [0.3, 0.4) is 0 Å². The summed E-state index contributed by atoms with van der Waals surface area (Å²) in [5.41, 5.74) is 0.888. The lowest BCUT2D eigenvalue weighted by atomic mass is 9.95. The number of likely N-dealkylation sites (tertiary alicyclic amines) is 1. The maximum atomic E-state index is 12.7. The van der Waals surface area contributed by atoms with Crippen LogP contribution in [0, 0.1) is 12.8 Å². The van der Waals surface area contributed by atoms with E-state index in [0.717, 1.165) is 43.7 Å². The lowest BCUT2D eigenvalue weighted by Gasteiger charge is -2.35. The minimum absolute atomic E-state index is 0.0371. The van der Waals surface area contributed by atoms with Crippen LogP contribution in [0.25, 0.3) is 0 Å². The van der Waals surface area contributed by atoms with Gasteiger partial charge >= 0.3 is 6.09 Å². The summed E-state index contributed by atoms with van der Waals surface area (Å²) in [6.45, 7) is 6.93. The van der Waals surface area contributed by atoms with Gasteiger partial charge in [-0.3, -0.25) is 4.79 Å². The summed E-state index contributed by atoms with van der Waals surface area (Å²) < 4.78 is 5.04. The third-order valence-corrected chi connectivity index (χ3v) is 5.27. The first-order chi connectivity index (χ1) is 13.1. The maximum Gasteiger partial charge on any atom is 0.409 e. The molecule has 1 atom stereocenters. The van der Waals surface area contributed by atoms with E-state index in [9.17, 15) is 9.59 Å². The Morgan fingerprint density at radius 1 is 1.19 bits per heavy atom. The molecule has 148 valence electrons. The number of ether oxygens (including phenoxy) is 1. The number of nitrogens with zero attached hydrogens (tertiary/aromatic N) is 4. The fraction of sp³-hybridized carbons (Fsp3) is 0.684. The first-order valence-electron chi connectivity index (χ1n) is 9.84. The van der Waals surface area contributed by atoms with Crippen molar-refractivity contribution in [2.45, 2.75) is 45.6 Å². The van der Waals surface area contributed by atoms with Gasteiger partial charge < -0.3 is 19.9 Å². The molecule has 0 radical (unpaired) electrons. The quantitative estimate of drug-likeness (QED) is 0.862. The van der Waals surface area contributed by atoms with Gasteiger partial charge in [0.15, 0.2) is 5.82 Å². The van der Waals surface area contributed by atoms with Gasteiger partial charge in [0.05, 0.1) is 18.2 Å². The van der Waals surface area contributed by atoms with Crippen LogP contribution in [0.4, 0.5) is 10.6 Å². The number of aromatic nitrogens is 2. The van der Waals surface area contributed by atoms with Gasteiger partial charge in [0.1, 0.15) is 0 Å². The Hall–Kier alpha value is -2.38. The molecule has 3 rings (SSSR count). The standard InChI is InChI=1S/C19H29N5O3/c1-3-27-19(26)23-11-8-16(9-12-23)20-18(25)15-5-4-10-24(13-15)17-7-6-14(2)21-22-17/h6-7,15-16H,3-5,8-13H2,1-2H3,(H,20,25). The van der Waals surface area contributed by atoms with E-state index in [1.54, 1.807) is 11.8 Å². The van der Waals surface area contributed by atoms with E-state index in [1.807, 2.05) is 19.1 Å². The van der Waals surface area contributed by atoms with Crippen LogP contribution >= 0.6 is 0 Å². The molecule has 1 N–H and O–H groups in total. The molecule has 1 aromatic heterocycles. The molecular weight excluding hydrogens is 346 g/mol. The van der Waals surface area contributed by atoms with Gasteiger partial charge in [-0.25, -0.2) is 4.79 Å². The summed E-state index contributed by atoms with van der Waals surface area (Å²) in [6, 6.07) is 4.04. The number of hydrogen-bond donors (Lipinski definition) is 1. The topological polar surface area (TPSA) is 87.7 Å². The largest absolute Gasteiger partial charge is 0.450 e. The fourth-order valence-electron chi connectivity index (χ4n) is 3.70. The molecule has 0 spiro atoms. The molecule has 2 saturated heterocycles. The van der Waals surface area contributed by atoms with Crippen molar-refractivity contribution in [3.8, 4) is 0 Å². The summed E-state index contributed by atoms with van der Waals surface area (Å²) in [4.78, 5) is 28.4. The molecule has 8 heteroatoms.